The van der Waals surface area contributed by atoms with E-state index in [0.29, 0.717) is 6.61 Å². The second kappa shape index (κ2) is 11.2. The number of hydrogen-bond donors (Lipinski definition) is 0. The van der Waals surface area contributed by atoms with Crippen LogP contribution >= 0.6 is 0 Å². The van der Waals surface area contributed by atoms with Gasteiger partial charge in [0.05, 0.1) is 5.60 Å². The summed E-state index contributed by atoms with van der Waals surface area (Å²) in [5, 5.41) is 0. The van der Waals surface area contributed by atoms with Crippen LogP contribution in [0.4, 0.5) is 0 Å². The summed E-state index contributed by atoms with van der Waals surface area (Å²) in [6.45, 7) is 13.4. The van der Waals surface area contributed by atoms with Crippen LogP contribution in [0.15, 0.2) is 0 Å². The van der Waals surface area contributed by atoms with Crippen LogP contribution in [0.2, 0.25) is 0 Å². The minimum absolute atomic E-state index is 0.0555. The third-order valence-electron chi connectivity index (χ3n) is 5.72. The molecule has 0 amide bonds. The van der Waals surface area contributed by atoms with E-state index in [1.54, 1.807) is 0 Å². The minimum Gasteiger partial charge on any atom is -0.463 e. The van der Waals surface area contributed by atoms with E-state index in [9.17, 15) is 4.79 Å². The van der Waals surface area contributed by atoms with Gasteiger partial charge in [0.1, 0.15) is 12.7 Å². The molecule has 0 radical (unpaired) electrons. The van der Waals surface area contributed by atoms with Crippen LogP contribution in [0.1, 0.15) is 99.3 Å². The Morgan fingerprint density at radius 1 is 0.960 bits per heavy atom. The maximum Gasteiger partial charge on any atom is 0.302 e. The largest absolute Gasteiger partial charge is 0.463 e. The summed E-state index contributed by atoms with van der Waals surface area (Å²) in [6, 6.07) is 0. The van der Waals surface area contributed by atoms with E-state index in [0.717, 1.165) is 24.2 Å². The predicted octanol–water partition coefficient (Wildman–Crippen LogP) is 6.15. The summed E-state index contributed by atoms with van der Waals surface area (Å²) in [4.78, 5) is 10.8. The van der Waals surface area contributed by atoms with Gasteiger partial charge in [0.2, 0.25) is 0 Å². The summed E-state index contributed by atoms with van der Waals surface area (Å²) < 4.78 is 10.8. The average Bonchev–Trinajstić information content (AvgIpc) is 3.15. The van der Waals surface area contributed by atoms with Crippen LogP contribution in [-0.4, -0.2) is 24.3 Å². The van der Waals surface area contributed by atoms with Gasteiger partial charge in [0.15, 0.2) is 0 Å². The molecule has 25 heavy (non-hydrogen) atoms. The van der Waals surface area contributed by atoms with Crippen molar-refractivity contribution in [3.05, 3.63) is 0 Å². The molecule has 0 N–H and O–H groups in total. The molecule has 0 aromatic carbocycles. The fourth-order valence-electron chi connectivity index (χ4n) is 3.69. The third kappa shape index (κ3) is 10.2. The van der Waals surface area contributed by atoms with Gasteiger partial charge in [-0.1, -0.05) is 79.1 Å². The van der Waals surface area contributed by atoms with Gasteiger partial charge in [-0.25, -0.2) is 0 Å². The SMILES string of the molecule is CC(=O)OC[C@@H]1O[C@@]1(C)CCC[C@@H](C)CCC[C@@H](C)CCCC(C)C. The smallest absolute Gasteiger partial charge is 0.302 e. The lowest BCUT2D eigenvalue weighted by molar-refractivity contribution is -0.141. The third-order valence-corrected chi connectivity index (χ3v) is 5.72. The van der Waals surface area contributed by atoms with E-state index in [4.69, 9.17) is 9.47 Å². The monoisotopic (exact) mass is 354 g/mol. The second-order valence-electron chi connectivity index (χ2n) is 9.08. The number of hydrogen-bond acceptors (Lipinski definition) is 3. The van der Waals surface area contributed by atoms with Gasteiger partial charge >= 0.3 is 5.97 Å². The quantitative estimate of drug-likeness (QED) is 0.277. The zero-order valence-electron chi connectivity index (χ0n) is 17.6. The Morgan fingerprint density at radius 2 is 1.48 bits per heavy atom. The Morgan fingerprint density at radius 3 is 2.00 bits per heavy atom. The number of rotatable bonds is 14. The summed E-state index contributed by atoms with van der Waals surface area (Å²) in [7, 11) is 0. The van der Waals surface area contributed by atoms with E-state index in [1.165, 1.54) is 58.3 Å². The van der Waals surface area contributed by atoms with Crippen molar-refractivity contribution < 1.29 is 14.3 Å². The van der Waals surface area contributed by atoms with Crippen molar-refractivity contribution >= 4 is 5.97 Å². The van der Waals surface area contributed by atoms with Crippen molar-refractivity contribution in [2.75, 3.05) is 6.61 Å². The normalized spacial score (nSPS) is 25.0. The van der Waals surface area contributed by atoms with Gasteiger partial charge < -0.3 is 9.47 Å². The molecule has 1 fully saturated rings. The molecule has 0 aromatic heterocycles. The van der Waals surface area contributed by atoms with Crippen LogP contribution < -0.4 is 0 Å². The van der Waals surface area contributed by atoms with E-state index in [2.05, 4.69) is 34.6 Å². The highest BCUT2D eigenvalue weighted by Gasteiger charge is 2.52. The van der Waals surface area contributed by atoms with E-state index in [1.807, 2.05) is 0 Å². The summed E-state index contributed by atoms with van der Waals surface area (Å²) in [5.41, 5.74) is -0.0555. The number of carbonyl (C=O) groups excluding carboxylic acids is 1. The van der Waals surface area contributed by atoms with Gasteiger partial charge in [-0.15, -0.1) is 0 Å². The van der Waals surface area contributed by atoms with Crippen LogP contribution in [0, 0.1) is 17.8 Å². The Hall–Kier alpha value is -0.570. The Kier molecular flexibility index (Phi) is 10.1. The average molecular weight is 355 g/mol. The predicted molar refractivity (Wildman–Crippen MR) is 105 cm³/mol. The van der Waals surface area contributed by atoms with Crippen molar-refractivity contribution in [2.24, 2.45) is 17.8 Å². The topological polar surface area (TPSA) is 38.8 Å². The van der Waals surface area contributed by atoms with E-state index < -0.39 is 0 Å². The Balaban J connectivity index is 2.00. The highest BCUT2D eigenvalue weighted by molar-refractivity contribution is 5.65. The molecule has 3 heteroatoms. The zero-order valence-corrected chi connectivity index (χ0v) is 17.6. The number of esters is 1. The highest BCUT2D eigenvalue weighted by Crippen LogP contribution is 2.41. The van der Waals surface area contributed by atoms with Gasteiger partial charge in [0, 0.05) is 6.92 Å². The molecular weight excluding hydrogens is 312 g/mol. The van der Waals surface area contributed by atoms with Gasteiger partial charge in [-0.2, -0.15) is 0 Å². The first-order valence-electron chi connectivity index (χ1n) is 10.5. The zero-order chi connectivity index (χ0) is 18.9. The molecule has 1 aliphatic heterocycles. The number of epoxide rings is 1. The lowest BCUT2D eigenvalue weighted by Gasteiger charge is -2.15. The maximum atomic E-state index is 10.8. The first kappa shape index (κ1) is 22.5. The fraction of sp³-hybridized carbons (Fsp3) is 0.955. The molecule has 0 aromatic rings. The fourth-order valence-corrected chi connectivity index (χ4v) is 3.69. The molecule has 1 saturated heterocycles. The van der Waals surface area contributed by atoms with Crippen LogP contribution in [0.5, 0.6) is 0 Å². The molecule has 4 atom stereocenters. The van der Waals surface area contributed by atoms with Crippen molar-refractivity contribution in [1.82, 2.24) is 0 Å². The second-order valence-corrected chi connectivity index (χ2v) is 9.08. The Labute approximate surface area is 156 Å². The van der Waals surface area contributed by atoms with Gasteiger partial charge in [-0.05, 0) is 31.1 Å². The molecule has 1 rings (SSSR count). The summed E-state index contributed by atoms with van der Waals surface area (Å²) in [6.07, 6.45) is 11.9. The number of ether oxygens (including phenoxy) is 2. The minimum atomic E-state index is -0.218. The van der Waals surface area contributed by atoms with Gasteiger partial charge in [0.25, 0.3) is 0 Å². The standard InChI is InChI=1S/C22H42O3/c1-17(2)10-7-11-18(3)12-8-13-19(4)14-9-15-22(6)21(25-22)16-24-20(5)23/h17-19,21H,7-16H2,1-6H3/t18-,19-,21-,22-/m0/s1. The molecule has 0 saturated carbocycles. The molecule has 1 heterocycles. The first-order chi connectivity index (χ1) is 11.7. The molecule has 3 nitrogen and oxygen atoms in total. The van der Waals surface area contributed by atoms with Crippen LogP contribution in [0.3, 0.4) is 0 Å². The lowest BCUT2D eigenvalue weighted by atomic mass is 9.90. The Bertz CT molecular complexity index is 379. The molecule has 0 spiro atoms. The number of carbonyl (C=O) groups is 1. The highest BCUT2D eigenvalue weighted by atomic mass is 16.6. The maximum absolute atomic E-state index is 10.8. The molecule has 148 valence electrons. The van der Waals surface area contributed by atoms with Gasteiger partial charge in [-0.3, -0.25) is 4.79 Å². The first-order valence-corrected chi connectivity index (χ1v) is 10.5. The van der Waals surface area contributed by atoms with Crippen molar-refractivity contribution in [3.63, 3.8) is 0 Å². The molecule has 0 bridgehead atoms. The molecular formula is C22H42O3. The molecule has 0 unspecified atom stereocenters. The van der Waals surface area contributed by atoms with Crippen molar-refractivity contribution in [3.8, 4) is 0 Å². The molecule has 1 aliphatic rings. The summed E-state index contributed by atoms with van der Waals surface area (Å²) in [5.74, 6) is 2.31. The van der Waals surface area contributed by atoms with Crippen molar-refractivity contribution in [1.29, 1.82) is 0 Å². The molecule has 0 aliphatic carbocycles. The van der Waals surface area contributed by atoms with Crippen LogP contribution in [0.25, 0.3) is 0 Å². The van der Waals surface area contributed by atoms with E-state index >= 15 is 0 Å². The lowest BCUT2D eigenvalue weighted by Crippen LogP contribution is -2.16. The van der Waals surface area contributed by atoms with Crippen molar-refractivity contribution in [2.45, 2.75) is 111 Å². The summed E-state index contributed by atoms with van der Waals surface area (Å²) >= 11 is 0. The van der Waals surface area contributed by atoms with E-state index in [-0.39, 0.29) is 17.7 Å². The van der Waals surface area contributed by atoms with Crippen LogP contribution in [-0.2, 0) is 14.3 Å².